The van der Waals surface area contributed by atoms with Crippen molar-refractivity contribution in [2.24, 2.45) is 5.11 Å². The fourth-order valence-corrected chi connectivity index (χ4v) is 4.16. The number of hydroxylamine groups is 2. The Morgan fingerprint density at radius 3 is 2.52 bits per heavy atom. The van der Waals surface area contributed by atoms with Crippen LogP contribution in [0.4, 0.5) is 5.69 Å². The summed E-state index contributed by atoms with van der Waals surface area (Å²) in [6, 6.07) is 5.77. The summed E-state index contributed by atoms with van der Waals surface area (Å²) >= 11 is 0. The Balaban J connectivity index is 2.01. The van der Waals surface area contributed by atoms with Crippen molar-refractivity contribution >= 4 is 5.69 Å². The van der Waals surface area contributed by atoms with Crippen molar-refractivity contribution in [2.75, 3.05) is 12.4 Å². The van der Waals surface area contributed by atoms with Crippen LogP contribution in [0.2, 0.25) is 0 Å². The summed E-state index contributed by atoms with van der Waals surface area (Å²) in [5, 5.41) is 9.27. The van der Waals surface area contributed by atoms with E-state index in [1.165, 1.54) is 6.42 Å². The first-order chi connectivity index (χ1) is 11.8. The Kier molecular flexibility index (Phi) is 4.58. The molecule has 2 atom stereocenters. The first-order valence-corrected chi connectivity index (χ1v) is 8.75. The monoisotopic (exact) mass is 345 g/mol. The Hall–Kier alpha value is -1.95. The molecule has 2 aliphatic heterocycles. The number of ether oxygens (including phenoxy) is 1. The van der Waals surface area contributed by atoms with Crippen LogP contribution >= 0.6 is 0 Å². The highest BCUT2D eigenvalue weighted by molar-refractivity contribution is 5.63. The summed E-state index contributed by atoms with van der Waals surface area (Å²) in [6.07, 6.45) is 2.34. The van der Waals surface area contributed by atoms with Crippen LogP contribution < -0.4 is 10.1 Å². The molecule has 0 saturated carbocycles. The molecule has 1 saturated heterocycles. The standard InChI is InChI=1S/C18H27N5O2/c1-17(2)10-7-11-18(3,4)23(17)25-15-14-12(20-16(15)21-22-19)8-6-9-13(14)24-5/h6,8-9,15-16,20H,7,10-11H2,1-5H3. The predicted molar refractivity (Wildman–Crippen MR) is 97.2 cm³/mol. The number of benzene rings is 1. The average molecular weight is 345 g/mol. The molecule has 2 unspecified atom stereocenters. The third-order valence-corrected chi connectivity index (χ3v) is 5.23. The number of rotatable bonds is 4. The van der Waals surface area contributed by atoms with E-state index in [-0.39, 0.29) is 11.1 Å². The van der Waals surface area contributed by atoms with Gasteiger partial charge in [0.15, 0.2) is 0 Å². The Morgan fingerprint density at radius 2 is 1.92 bits per heavy atom. The molecule has 7 heteroatoms. The lowest BCUT2D eigenvalue weighted by atomic mass is 9.82. The van der Waals surface area contributed by atoms with Crippen LogP contribution in [0.25, 0.3) is 10.4 Å². The van der Waals surface area contributed by atoms with Crippen molar-refractivity contribution in [2.45, 2.75) is 70.3 Å². The molecule has 1 fully saturated rings. The van der Waals surface area contributed by atoms with Gasteiger partial charge in [-0.1, -0.05) is 11.2 Å². The van der Waals surface area contributed by atoms with Gasteiger partial charge in [0.25, 0.3) is 0 Å². The molecule has 2 aliphatic rings. The molecule has 7 nitrogen and oxygen atoms in total. The molecule has 25 heavy (non-hydrogen) atoms. The van der Waals surface area contributed by atoms with Crippen LogP contribution in [0, 0.1) is 0 Å². The van der Waals surface area contributed by atoms with Crippen molar-refractivity contribution in [1.29, 1.82) is 0 Å². The highest BCUT2D eigenvalue weighted by Crippen LogP contribution is 2.47. The second kappa shape index (κ2) is 6.41. The highest BCUT2D eigenvalue weighted by Gasteiger charge is 2.46. The van der Waals surface area contributed by atoms with Gasteiger partial charge in [0, 0.05) is 21.7 Å². The van der Waals surface area contributed by atoms with Crippen molar-refractivity contribution in [1.82, 2.24) is 5.06 Å². The van der Waals surface area contributed by atoms with Crippen LogP contribution in [0.5, 0.6) is 5.75 Å². The molecule has 3 rings (SSSR count). The van der Waals surface area contributed by atoms with Gasteiger partial charge in [-0.15, -0.1) is 0 Å². The maximum absolute atomic E-state index is 8.98. The minimum atomic E-state index is -0.509. The largest absolute Gasteiger partial charge is 0.496 e. The number of nitrogens with zero attached hydrogens (tertiary/aromatic N) is 4. The number of hydrogen-bond acceptors (Lipinski definition) is 5. The van der Waals surface area contributed by atoms with Gasteiger partial charge in [-0.25, -0.2) is 0 Å². The Bertz CT molecular complexity index is 681. The lowest BCUT2D eigenvalue weighted by Gasteiger charge is -2.52. The van der Waals surface area contributed by atoms with Gasteiger partial charge in [0.1, 0.15) is 18.0 Å². The van der Waals surface area contributed by atoms with E-state index in [2.05, 4.69) is 48.1 Å². The first-order valence-electron chi connectivity index (χ1n) is 8.75. The SMILES string of the molecule is COc1cccc2c1C(ON1C(C)(C)CCCC1(C)C)C(N=[N+]=[N-])N2. The minimum absolute atomic E-state index is 0.104. The molecule has 0 spiro atoms. The normalized spacial score (nSPS) is 27.1. The number of piperidine rings is 1. The van der Waals surface area contributed by atoms with Crippen LogP contribution in [0.1, 0.15) is 58.6 Å². The average Bonchev–Trinajstić information content (AvgIpc) is 2.88. The second-order valence-corrected chi connectivity index (χ2v) is 8.01. The molecule has 1 aromatic carbocycles. The third kappa shape index (κ3) is 3.15. The fourth-order valence-electron chi connectivity index (χ4n) is 4.16. The molecule has 2 heterocycles. The second-order valence-electron chi connectivity index (χ2n) is 8.01. The summed E-state index contributed by atoms with van der Waals surface area (Å²) < 4.78 is 5.53. The van der Waals surface area contributed by atoms with E-state index < -0.39 is 12.3 Å². The van der Waals surface area contributed by atoms with Gasteiger partial charge in [0.2, 0.25) is 0 Å². The molecule has 0 radical (unpaired) electrons. The zero-order valence-corrected chi connectivity index (χ0v) is 15.6. The van der Waals surface area contributed by atoms with Gasteiger partial charge in [-0.3, -0.25) is 4.84 Å². The van der Waals surface area contributed by atoms with Crippen molar-refractivity contribution < 1.29 is 9.57 Å². The topological polar surface area (TPSA) is 82.5 Å². The maximum atomic E-state index is 8.98. The molecule has 0 amide bonds. The van der Waals surface area contributed by atoms with Gasteiger partial charge in [-0.05, 0) is 64.6 Å². The van der Waals surface area contributed by atoms with E-state index in [9.17, 15) is 0 Å². The lowest BCUT2D eigenvalue weighted by Crippen LogP contribution is -2.58. The van der Waals surface area contributed by atoms with Gasteiger partial charge < -0.3 is 10.1 Å². The number of nitrogens with one attached hydrogen (secondary N) is 1. The van der Waals surface area contributed by atoms with Crippen molar-refractivity contribution in [3.63, 3.8) is 0 Å². The van der Waals surface area contributed by atoms with E-state index in [1.807, 2.05) is 18.2 Å². The first kappa shape index (κ1) is 17.9. The Morgan fingerprint density at radius 1 is 1.24 bits per heavy atom. The molecule has 1 aromatic rings. The molecule has 0 aromatic heterocycles. The molecule has 1 N–H and O–H groups in total. The number of anilines is 1. The third-order valence-electron chi connectivity index (χ3n) is 5.23. The van der Waals surface area contributed by atoms with Crippen LogP contribution in [0.15, 0.2) is 23.3 Å². The van der Waals surface area contributed by atoms with Gasteiger partial charge >= 0.3 is 0 Å². The summed E-state index contributed by atoms with van der Waals surface area (Å²) in [7, 11) is 1.64. The number of fused-ring (bicyclic) bond motifs is 1. The number of azide groups is 1. The fraction of sp³-hybridized carbons (Fsp3) is 0.667. The summed E-state index contributed by atoms with van der Waals surface area (Å²) in [5.74, 6) is 0.735. The molecule has 0 bridgehead atoms. The Labute approximate surface area is 148 Å². The van der Waals surface area contributed by atoms with E-state index in [0.717, 1.165) is 29.8 Å². The lowest BCUT2D eigenvalue weighted by molar-refractivity contribution is -0.308. The summed E-state index contributed by atoms with van der Waals surface area (Å²) in [5.41, 5.74) is 10.6. The van der Waals surface area contributed by atoms with Gasteiger partial charge in [-0.2, -0.15) is 5.06 Å². The van der Waals surface area contributed by atoms with Crippen LogP contribution in [-0.2, 0) is 4.84 Å². The highest BCUT2D eigenvalue weighted by atomic mass is 16.7. The quantitative estimate of drug-likeness (QED) is 0.484. The van der Waals surface area contributed by atoms with Crippen molar-refractivity contribution in [3.05, 3.63) is 34.2 Å². The summed E-state index contributed by atoms with van der Waals surface area (Å²) in [4.78, 5) is 9.54. The number of methoxy groups -OCH3 is 1. The smallest absolute Gasteiger partial charge is 0.138 e. The molecular weight excluding hydrogens is 318 g/mol. The zero-order chi connectivity index (χ0) is 18.2. The van der Waals surface area contributed by atoms with E-state index >= 15 is 0 Å². The van der Waals surface area contributed by atoms with E-state index in [4.69, 9.17) is 15.1 Å². The zero-order valence-electron chi connectivity index (χ0n) is 15.6. The minimum Gasteiger partial charge on any atom is -0.496 e. The number of hydrogen-bond donors (Lipinski definition) is 1. The predicted octanol–water partition coefficient (Wildman–Crippen LogP) is 4.77. The molecular formula is C18H27N5O2. The van der Waals surface area contributed by atoms with Crippen LogP contribution in [-0.4, -0.2) is 29.4 Å². The molecule has 0 aliphatic carbocycles. The molecule has 136 valence electrons. The van der Waals surface area contributed by atoms with E-state index in [0.29, 0.717) is 0 Å². The summed E-state index contributed by atoms with van der Waals surface area (Å²) in [6.45, 7) is 8.79. The maximum Gasteiger partial charge on any atom is 0.138 e. The van der Waals surface area contributed by atoms with Gasteiger partial charge in [0.05, 0.1) is 12.7 Å². The van der Waals surface area contributed by atoms with Crippen LogP contribution in [0.3, 0.4) is 0 Å². The van der Waals surface area contributed by atoms with Crippen molar-refractivity contribution in [3.8, 4) is 5.75 Å². The van der Waals surface area contributed by atoms with E-state index in [1.54, 1.807) is 7.11 Å².